The lowest BCUT2D eigenvalue weighted by atomic mass is 10.1. The molecule has 2 aromatic rings. The van der Waals surface area contributed by atoms with Crippen LogP contribution in [0.1, 0.15) is 28.8 Å². The fourth-order valence-electron chi connectivity index (χ4n) is 3.14. The summed E-state index contributed by atoms with van der Waals surface area (Å²) in [4.78, 5) is 37.8. The molecule has 0 spiro atoms. The van der Waals surface area contributed by atoms with E-state index in [0.29, 0.717) is 35.7 Å². The molecule has 1 heterocycles. The van der Waals surface area contributed by atoms with Gasteiger partial charge in [-0.1, -0.05) is 12.1 Å². The number of carbonyl (C=O) groups excluding carboxylic acids is 3. The number of hydrogen-bond donors (Lipinski definition) is 1. The Morgan fingerprint density at radius 2 is 1.83 bits per heavy atom. The summed E-state index contributed by atoms with van der Waals surface area (Å²) in [5.41, 5.74) is 1.72. The average molecular weight is 412 g/mol. The van der Waals surface area contributed by atoms with Gasteiger partial charge in [-0.05, 0) is 36.2 Å². The molecule has 1 aliphatic rings. The molecule has 0 unspecified atom stereocenters. The third kappa shape index (κ3) is 5.28. The van der Waals surface area contributed by atoms with Crippen LogP contribution in [0, 0.1) is 0 Å². The minimum Gasteiger partial charge on any atom is -0.497 e. The maximum Gasteiger partial charge on any atom is 0.338 e. The molecule has 8 heteroatoms. The Morgan fingerprint density at radius 1 is 1.07 bits per heavy atom. The summed E-state index contributed by atoms with van der Waals surface area (Å²) in [6.45, 7) is 0.856. The molecule has 0 bridgehead atoms. The molecule has 0 aromatic heterocycles. The van der Waals surface area contributed by atoms with Gasteiger partial charge in [0.25, 0.3) is 5.91 Å². The van der Waals surface area contributed by atoms with Crippen molar-refractivity contribution in [3.8, 4) is 11.5 Å². The second-order valence-corrected chi connectivity index (χ2v) is 6.81. The second-order valence-electron chi connectivity index (χ2n) is 6.81. The van der Waals surface area contributed by atoms with E-state index >= 15 is 0 Å². The van der Waals surface area contributed by atoms with Gasteiger partial charge in [0.1, 0.15) is 11.5 Å². The van der Waals surface area contributed by atoms with Crippen LogP contribution in [0.3, 0.4) is 0 Å². The summed E-state index contributed by atoms with van der Waals surface area (Å²) in [6.07, 6.45) is 1.47. The van der Waals surface area contributed by atoms with Crippen molar-refractivity contribution in [1.29, 1.82) is 0 Å². The van der Waals surface area contributed by atoms with Crippen LogP contribution in [0.25, 0.3) is 0 Å². The SMILES string of the molecule is COc1ccc(NC(=O)COC(=O)c2ccc(CN3CCCC3=O)cc2)c(OC)c1. The van der Waals surface area contributed by atoms with Gasteiger partial charge in [0.05, 0.1) is 25.5 Å². The van der Waals surface area contributed by atoms with Gasteiger partial charge < -0.3 is 24.4 Å². The smallest absolute Gasteiger partial charge is 0.338 e. The van der Waals surface area contributed by atoms with E-state index in [2.05, 4.69) is 5.32 Å². The number of ether oxygens (including phenoxy) is 3. The zero-order valence-corrected chi connectivity index (χ0v) is 17.0. The van der Waals surface area contributed by atoms with Crippen molar-refractivity contribution in [3.05, 3.63) is 53.6 Å². The lowest BCUT2D eigenvalue weighted by molar-refractivity contribution is -0.128. The molecule has 2 aromatic carbocycles. The van der Waals surface area contributed by atoms with Crippen molar-refractivity contribution in [1.82, 2.24) is 4.90 Å². The number of carbonyl (C=O) groups is 3. The van der Waals surface area contributed by atoms with E-state index in [1.165, 1.54) is 14.2 Å². The van der Waals surface area contributed by atoms with Gasteiger partial charge in [-0.15, -0.1) is 0 Å². The minimum atomic E-state index is -0.601. The Bertz CT molecular complexity index is 926. The van der Waals surface area contributed by atoms with Gasteiger partial charge >= 0.3 is 5.97 Å². The van der Waals surface area contributed by atoms with Crippen LogP contribution < -0.4 is 14.8 Å². The third-order valence-corrected chi connectivity index (χ3v) is 4.75. The zero-order valence-electron chi connectivity index (χ0n) is 17.0. The number of hydrogen-bond acceptors (Lipinski definition) is 6. The fraction of sp³-hybridized carbons (Fsp3) is 0.318. The van der Waals surface area contributed by atoms with Gasteiger partial charge in [0.2, 0.25) is 5.91 Å². The number of amides is 2. The van der Waals surface area contributed by atoms with Gasteiger partial charge in [-0.3, -0.25) is 9.59 Å². The Kier molecular flexibility index (Phi) is 6.90. The van der Waals surface area contributed by atoms with Crippen LogP contribution in [-0.2, 0) is 20.9 Å². The predicted molar refractivity (Wildman–Crippen MR) is 110 cm³/mol. The summed E-state index contributed by atoms with van der Waals surface area (Å²) in [5.74, 6) is 0.0829. The molecule has 0 saturated carbocycles. The summed E-state index contributed by atoms with van der Waals surface area (Å²) >= 11 is 0. The maximum absolute atomic E-state index is 12.2. The maximum atomic E-state index is 12.2. The summed E-state index contributed by atoms with van der Waals surface area (Å²) in [7, 11) is 3.01. The van der Waals surface area contributed by atoms with Crippen molar-refractivity contribution in [3.63, 3.8) is 0 Å². The number of esters is 1. The molecule has 158 valence electrons. The second kappa shape index (κ2) is 9.78. The van der Waals surface area contributed by atoms with Gasteiger partial charge in [0, 0.05) is 25.6 Å². The quantitative estimate of drug-likeness (QED) is 0.670. The lowest BCUT2D eigenvalue weighted by Crippen LogP contribution is -2.23. The summed E-state index contributed by atoms with van der Waals surface area (Å²) < 4.78 is 15.4. The highest BCUT2D eigenvalue weighted by molar-refractivity contribution is 5.96. The molecule has 0 atom stereocenters. The van der Waals surface area contributed by atoms with Crippen LogP contribution in [0.15, 0.2) is 42.5 Å². The van der Waals surface area contributed by atoms with E-state index in [9.17, 15) is 14.4 Å². The Balaban J connectivity index is 1.51. The number of nitrogens with one attached hydrogen (secondary N) is 1. The van der Waals surface area contributed by atoms with E-state index in [1.807, 2.05) is 0 Å². The molecule has 30 heavy (non-hydrogen) atoms. The normalized spacial score (nSPS) is 13.1. The first-order valence-corrected chi connectivity index (χ1v) is 9.56. The summed E-state index contributed by atoms with van der Waals surface area (Å²) in [6, 6.07) is 11.8. The summed E-state index contributed by atoms with van der Waals surface area (Å²) in [5, 5.41) is 2.64. The topological polar surface area (TPSA) is 94.2 Å². The molecule has 0 radical (unpaired) electrons. The molecule has 1 fully saturated rings. The van der Waals surface area contributed by atoms with Crippen LogP contribution in [0.2, 0.25) is 0 Å². The number of rotatable bonds is 8. The van der Waals surface area contributed by atoms with Crippen molar-refractivity contribution < 1.29 is 28.6 Å². The van der Waals surface area contributed by atoms with Gasteiger partial charge in [-0.2, -0.15) is 0 Å². The van der Waals surface area contributed by atoms with Crippen molar-refractivity contribution >= 4 is 23.5 Å². The van der Waals surface area contributed by atoms with Gasteiger partial charge in [0.15, 0.2) is 6.61 Å². The van der Waals surface area contributed by atoms with E-state index < -0.39 is 18.5 Å². The Morgan fingerprint density at radius 3 is 2.47 bits per heavy atom. The first kappa shape index (κ1) is 21.2. The monoisotopic (exact) mass is 412 g/mol. The van der Waals surface area contributed by atoms with Crippen LogP contribution in [0.5, 0.6) is 11.5 Å². The van der Waals surface area contributed by atoms with E-state index in [1.54, 1.807) is 47.4 Å². The Labute approximate surface area is 174 Å². The molecule has 2 amide bonds. The highest BCUT2D eigenvalue weighted by Crippen LogP contribution is 2.28. The number of benzene rings is 2. The lowest BCUT2D eigenvalue weighted by Gasteiger charge is -2.15. The minimum absolute atomic E-state index is 0.151. The van der Waals surface area contributed by atoms with E-state index in [-0.39, 0.29) is 5.91 Å². The molecular weight excluding hydrogens is 388 g/mol. The number of anilines is 1. The number of nitrogens with zero attached hydrogens (tertiary/aromatic N) is 1. The zero-order chi connectivity index (χ0) is 21.5. The Hall–Kier alpha value is -3.55. The highest BCUT2D eigenvalue weighted by Gasteiger charge is 2.20. The first-order valence-electron chi connectivity index (χ1n) is 9.56. The molecule has 1 aliphatic heterocycles. The molecular formula is C22H24N2O6. The standard InChI is InChI=1S/C22H24N2O6/c1-28-17-9-10-18(19(12-17)29-2)23-20(25)14-30-22(27)16-7-5-15(6-8-16)13-24-11-3-4-21(24)26/h5-10,12H,3-4,11,13-14H2,1-2H3,(H,23,25). The molecule has 0 aliphatic carbocycles. The van der Waals surface area contributed by atoms with Gasteiger partial charge in [-0.25, -0.2) is 4.79 Å². The number of likely N-dealkylation sites (tertiary alicyclic amines) is 1. The van der Waals surface area contributed by atoms with E-state index in [0.717, 1.165) is 18.5 Å². The molecule has 1 saturated heterocycles. The van der Waals surface area contributed by atoms with Crippen molar-refractivity contribution in [2.45, 2.75) is 19.4 Å². The molecule has 3 rings (SSSR count). The van der Waals surface area contributed by atoms with E-state index in [4.69, 9.17) is 14.2 Å². The fourth-order valence-corrected chi connectivity index (χ4v) is 3.14. The predicted octanol–water partition coefficient (Wildman–Crippen LogP) is 2.62. The van der Waals surface area contributed by atoms with Crippen LogP contribution >= 0.6 is 0 Å². The first-order chi connectivity index (χ1) is 14.5. The molecule has 1 N–H and O–H groups in total. The van der Waals surface area contributed by atoms with Crippen molar-refractivity contribution in [2.75, 3.05) is 32.7 Å². The largest absolute Gasteiger partial charge is 0.497 e. The molecule has 8 nitrogen and oxygen atoms in total. The average Bonchev–Trinajstić information content (AvgIpc) is 3.17. The number of methoxy groups -OCH3 is 2. The van der Waals surface area contributed by atoms with Crippen LogP contribution in [0.4, 0.5) is 5.69 Å². The van der Waals surface area contributed by atoms with Crippen LogP contribution in [-0.4, -0.2) is 50.1 Å². The third-order valence-electron chi connectivity index (χ3n) is 4.75. The van der Waals surface area contributed by atoms with Crippen molar-refractivity contribution in [2.24, 2.45) is 0 Å². The highest BCUT2D eigenvalue weighted by atomic mass is 16.5.